The zero-order valence-electron chi connectivity index (χ0n) is 21.0. The van der Waals surface area contributed by atoms with E-state index in [1.54, 1.807) is 18.3 Å². The van der Waals surface area contributed by atoms with Gasteiger partial charge in [0.25, 0.3) is 10.0 Å². The van der Waals surface area contributed by atoms with Gasteiger partial charge in [0.15, 0.2) is 0 Å². The van der Waals surface area contributed by atoms with Crippen LogP contribution in [0.1, 0.15) is 22.3 Å². The Balaban J connectivity index is 1.56. The Bertz CT molecular complexity index is 1900. The van der Waals surface area contributed by atoms with Crippen molar-refractivity contribution < 1.29 is 8.42 Å². The molecule has 0 unspecified atom stereocenters. The van der Waals surface area contributed by atoms with E-state index in [1.165, 1.54) is 3.97 Å². The second kappa shape index (κ2) is 8.75. The number of nitrogens with zero attached hydrogens (tertiary/aromatic N) is 3. The number of fused-ring (bicyclic) bond motifs is 2. The molecule has 0 saturated carbocycles. The molecule has 5 nitrogen and oxygen atoms in total. The normalized spacial score (nSPS) is 12.0. The van der Waals surface area contributed by atoms with Crippen LogP contribution in [0.25, 0.3) is 33.3 Å². The van der Waals surface area contributed by atoms with Crippen molar-refractivity contribution >= 4 is 32.0 Å². The Morgan fingerprint density at radius 3 is 2.24 bits per heavy atom. The molecule has 0 N–H and O–H groups in total. The summed E-state index contributed by atoms with van der Waals surface area (Å²) in [5, 5.41) is 0.905. The van der Waals surface area contributed by atoms with E-state index in [2.05, 4.69) is 48.7 Å². The lowest BCUT2D eigenvalue weighted by Crippen LogP contribution is -2.12. The number of hydrogen-bond donors (Lipinski definition) is 0. The van der Waals surface area contributed by atoms with Crippen LogP contribution in [0, 0.1) is 20.8 Å². The van der Waals surface area contributed by atoms with Crippen molar-refractivity contribution in [1.29, 1.82) is 0 Å². The Morgan fingerprint density at radius 1 is 0.757 bits per heavy atom. The number of aryl methyl sites for hydroxylation is 3. The molecule has 6 heteroatoms. The predicted molar refractivity (Wildman–Crippen MR) is 149 cm³/mol. The molecule has 0 atom stereocenters. The third-order valence-electron chi connectivity index (χ3n) is 6.96. The zero-order valence-corrected chi connectivity index (χ0v) is 21.8. The number of benzene rings is 4. The highest BCUT2D eigenvalue weighted by molar-refractivity contribution is 7.90. The summed E-state index contributed by atoms with van der Waals surface area (Å²) in [6.07, 6.45) is 1.77. The molecule has 0 aliphatic rings. The number of aromatic nitrogens is 3. The van der Waals surface area contributed by atoms with Gasteiger partial charge in [-0.05, 0) is 67.8 Å². The number of imidazole rings is 1. The Hall–Kier alpha value is -4.16. The Morgan fingerprint density at radius 2 is 1.46 bits per heavy atom. The largest absolute Gasteiger partial charge is 0.319 e. The van der Waals surface area contributed by atoms with Crippen LogP contribution in [0.15, 0.2) is 102 Å². The van der Waals surface area contributed by atoms with Crippen LogP contribution in [0.3, 0.4) is 0 Å². The van der Waals surface area contributed by atoms with Gasteiger partial charge in [0.2, 0.25) is 0 Å². The number of rotatable bonds is 5. The van der Waals surface area contributed by atoms with Crippen molar-refractivity contribution in [3.63, 3.8) is 0 Å². The highest BCUT2D eigenvalue weighted by Gasteiger charge is 2.23. The highest BCUT2D eigenvalue weighted by Crippen LogP contribution is 2.32. The molecule has 0 spiro atoms. The molecular weight excluding hydrogens is 478 g/mol. The molecule has 0 amide bonds. The molecule has 0 saturated heterocycles. The number of hydrogen-bond acceptors (Lipinski definition) is 3. The average Bonchev–Trinajstić information content (AvgIpc) is 3.43. The first kappa shape index (κ1) is 23.3. The molecular formula is C31H27N3O2S. The van der Waals surface area contributed by atoms with Gasteiger partial charge in [-0.3, -0.25) is 0 Å². The van der Waals surface area contributed by atoms with Crippen molar-refractivity contribution in [2.45, 2.75) is 32.2 Å². The summed E-state index contributed by atoms with van der Waals surface area (Å²) in [7, 11) is -3.77. The highest BCUT2D eigenvalue weighted by atomic mass is 32.2. The molecule has 6 rings (SSSR count). The lowest BCUT2D eigenvalue weighted by molar-refractivity contribution is 0.589. The van der Waals surface area contributed by atoms with Gasteiger partial charge >= 0.3 is 0 Å². The molecule has 2 aromatic heterocycles. The summed E-state index contributed by atoms with van der Waals surface area (Å²) in [5.74, 6) is 0.872. The Labute approximate surface area is 216 Å². The molecule has 0 fully saturated rings. The lowest BCUT2D eigenvalue weighted by atomic mass is 10.1. The smallest absolute Gasteiger partial charge is 0.268 e. The maximum absolute atomic E-state index is 13.7. The summed E-state index contributed by atoms with van der Waals surface area (Å²) >= 11 is 0. The van der Waals surface area contributed by atoms with Crippen LogP contribution < -0.4 is 0 Å². The summed E-state index contributed by atoms with van der Waals surface area (Å²) in [6, 6.07) is 29.2. The summed E-state index contributed by atoms with van der Waals surface area (Å²) < 4.78 is 31.0. The van der Waals surface area contributed by atoms with Gasteiger partial charge in [-0.25, -0.2) is 17.4 Å². The molecule has 37 heavy (non-hydrogen) atoms. The first-order valence-corrected chi connectivity index (χ1v) is 13.7. The van der Waals surface area contributed by atoms with Gasteiger partial charge < -0.3 is 4.57 Å². The van der Waals surface area contributed by atoms with Gasteiger partial charge in [0.05, 0.1) is 28.0 Å². The Kier molecular flexibility index (Phi) is 5.50. The monoisotopic (exact) mass is 505 g/mol. The van der Waals surface area contributed by atoms with Gasteiger partial charge in [-0.2, -0.15) is 0 Å². The van der Waals surface area contributed by atoms with E-state index in [0.29, 0.717) is 12.1 Å². The average molecular weight is 506 g/mol. The van der Waals surface area contributed by atoms with Gasteiger partial charge in [-0.15, -0.1) is 0 Å². The predicted octanol–water partition coefficient (Wildman–Crippen LogP) is 6.87. The second-order valence-electron chi connectivity index (χ2n) is 9.61. The molecule has 184 valence electrons. The van der Waals surface area contributed by atoms with E-state index in [0.717, 1.165) is 50.1 Å². The fourth-order valence-electron chi connectivity index (χ4n) is 4.97. The van der Waals surface area contributed by atoms with E-state index in [9.17, 15) is 8.42 Å². The van der Waals surface area contributed by atoms with Crippen LogP contribution in [0.2, 0.25) is 0 Å². The van der Waals surface area contributed by atoms with Crippen LogP contribution in [0.5, 0.6) is 0 Å². The fourth-order valence-corrected chi connectivity index (χ4v) is 6.36. The molecule has 0 radical (unpaired) electrons. The zero-order chi connectivity index (χ0) is 25.7. The number of para-hydroxylation sites is 1. The molecule has 4 aromatic carbocycles. The van der Waals surface area contributed by atoms with Crippen LogP contribution in [-0.4, -0.2) is 21.9 Å². The van der Waals surface area contributed by atoms with Crippen molar-refractivity contribution in [1.82, 2.24) is 13.5 Å². The van der Waals surface area contributed by atoms with E-state index < -0.39 is 10.0 Å². The molecule has 0 aliphatic heterocycles. The summed E-state index contributed by atoms with van der Waals surface area (Å²) in [6.45, 7) is 6.59. The third-order valence-corrected chi connectivity index (χ3v) is 8.64. The maximum Gasteiger partial charge on any atom is 0.268 e. The van der Waals surface area contributed by atoms with E-state index in [1.807, 2.05) is 55.5 Å². The van der Waals surface area contributed by atoms with Gasteiger partial charge in [0.1, 0.15) is 5.82 Å². The summed E-state index contributed by atoms with van der Waals surface area (Å²) in [5.41, 5.74) is 7.89. The van der Waals surface area contributed by atoms with Crippen molar-refractivity contribution in [3.05, 3.63) is 119 Å². The third kappa shape index (κ3) is 3.94. The van der Waals surface area contributed by atoms with Crippen molar-refractivity contribution in [3.8, 4) is 11.4 Å². The van der Waals surface area contributed by atoms with Crippen LogP contribution in [0.4, 0.5) is 0 Å². The van der Waals surface area contributed by atoms with Crippen molar-refractivity contribution in [2.75, 3.05) is 0 Å². The molecule has 0 aliphatic carbocycles. The topological polar surface area (TPSA) is 56.9 Å². The van der Waals surface area contributed by atoms with E-state index in [4.69, 9.17) is 4.98 Å². The van der Waals surface area contributed by atoms with Gasteiger partial charge in [0, 0.05) is 17.1 Å². The minimum absolute atomic E-state index is 0.273. The molecule has 2 heterocycles. The minimum Gasteiger partial charge on any atom is -0.319 e. The first-order valence-electron chi connectivity index (χ1n) is 12.3. The minimum atomic E-state index is -3.77. The van der Waals surface area contributed by atoms with Gasteiger partial charge in [-0.1, -0.05) is 66.2 Å². The second-order valence-corrected chi connectivity index (χ2v) is 11.4. The first-order chi connectivity index (χ1) is 17.8. The van der Waals surface area contributed by atoms with Crippen LogP contribution >= 0.6 is 0 Å². The maximum atomic E-state index is 13.7. The summed E-state index contributed by atoms with van der Waals surface area (Å²) in [4.78, 5) is 5.30. The fraction of sp³-hybridized carbons (Fsp3) is 0.129. The SMILES string of the molecule is Cc1ccc(S(=O)(=O)n2cc(Cn3c(-c4ccccc4C)nc4cc(C)ccc43)c3ccccc32)cc1. The molecule has 0 bridgehead atoms. The van der Waals surface area contributed by atoms with Crippen LogP contribution in [-0.2, 0) is 16.6 Å². The van der Waals surface area contributed by atoms with E-state index in [-0.39, 0.29) is 4.90 Å². The molecule has 6 aromatic rings. The standard InChI is InChI=1S/C31H27N3O2S/c1-21-12-15-25(16-13-21)37(35,36)34-20-24(27-10-6-7-11-29(27)34)19-33-30-17-14-22(2)18-28(30)32-31(33)26-9-5-4-8-23(26)3/h4-18,20H,19H2,1-3H3. The van der Waals surface area contributed by atoms with E-state index >= 15 is 0 Å². The lowest BCUT2D eigenvalue weighted by Gasteiger charge is -2.11. The quantitative estimate of drug-likeness (QED) is 0.257. The van der Waals surface area contributed by atoms with Crippen molar-refractivity contribution in [2.24, 2.45) is 0 Å².